The van der Waals surface area contributed by atoms with E-state index in [1.165, 1.54) is 13.8 Å². The first-order valence-corrected chi connectivity index (χ1v) is 4.34. The first kappa shape index (κ1) is 9.44. The van der Waals surface area contributed by atoms with E-state index < -0.39 is 12.2 Å². The fourth-order valence-corrected chi connectivity index (χ4v) is 0.858. The summed E-state index contributed by atoms with van der Waals surface area (Å²) in [5.41, 5.74) is 0. The average Bonchev–Trinajstić information content (AvgIpc) is 1.64. The Bertz CT molecular complexity index is 139. The Morgan fingerprint density at radius 2 is 2.00 bits per heavy atom. The van der Waals surface area contributed by atoms with Crippen LogP contribution in [-0.2, 0) is 9.09 Å². The van der Waals surface area contributed by atoms with Crippen LogP contribution in [0.3, 0.4) is 0 Å². The fraction of sp³-hybridized carbons (Fsp3) is 1.00. The van der Waals surface area contributed by atoms with Gasteiger partial charge in [-0.1, -0.05) is 0 Å². The molecule has 0 rings (SSSR count). The second-order valence-electron chi connectivity index (χ2n) is 2.11. The van der Waals surface area contributed by atoms with Gasteiger partial charge in [-0.05, 0) is 13.8 Å². The molecule has 0 aromatic heterocycles. The monoisotopic (exact) mass is 172 g/mol. The number of halogens is 1. The molecule has 0 amide bonds. The van der Waals surface area contributed by atoms with Gasteiger partial charge in [-0.2, -0.15) is 0 Å². The zero-order chi connectivity index (χ0) is 7.71. The maximum absolute atomic E-state index is 10.8. The molecule has 56 valence electrons. The molecule has 1 unspecified atom stereocenters. The molecule has 9 heavy (non-hydrogen) atoms. The highest BCUT2D eigenvalue weighted by Crippen LogP contribution is 2.56. The van der Waals surface area contributed by atoms with E-state index in [2.05, 4.69) is 4.52 Å². The lowest BCUT2D eigenvalue weighted by Gasteiger charge is -2.20. The van der Waals surface area contributed by atoms with E-state index in [0.29, 0.717) is 0 Å². The SMILES string of the molecule is COP(=O)(O)C(C)(C)Cl. The molecule has 0 fully saturated rings. The molecule has 0 saturated heterocycles. The molecule has 3 nitrogen and oxygen atoms in total. The summed E-state index contributed by atoms with van der Waals surface area (Å²) >= 11 is 5.49. The van der Waals surface area contributed by atoms with Crippen LogP contribution < -0.4 is 0 Å². The summed E-state index contributed by atoms with van der Waals surface area (Å²) < 4.78 is 13.9. The summed E-state index contributed by atoms with van der Waals surface area (Å²) in [6.07, 6.45) is 0. The lowest BCUT2D eigenvalue weighted by atomic mass is 10.6. The third kappa shape index (κ3) is 2.26. The Labute approximate surface area is 59.5 Å². The molecular formula is C4H10ClO3P. The van der Waals surface area contributed by atoms with Gasteiger partial charge in [0, 0.05) is 7.11 Å². The Morgan fingerprint density at radius 3 is 2.00 bits per heavy atom. The highest BCUT2D eigenvalue weighted by atomic mass is 35.5. The number of hydrogen-bond acceptors (Lipinski definition) is 2. The highest BCUT2D eigenvalue weighted by molar-refractivity contribution is 7.56. The lowest BCUT2D eigenvalue weighted by Crippen LogP contribution is -2.11. The van der Waals surface area contributed by atoms with Gasteiger partial charge in [0.25, 0.3) is 0 Å². The van der Waals surface area contributed by atoms with E-state index in [0.717, 1.165) is 7.11 Å². The number of alkyl halides is 1. The molecular weight excluding hydrogens is 162 g/mol. The zero-order valence-corrected chi connectivity index (χ0v) is 7.24. The summed E-state index contributed by atoms with van der Waals surface area (Å²) in [4.78, 5) is 8.86. The van der Waals surface area contributed by atoms with E-state index in [4.69, 9.17) is 16.5 Å². The Morgan fingerprint density at radius 1 is 1.67 bits per heavy atom. The molecule has 0 aromatic carbocycles. The van der Waals surface area contributed by atoms with Gasteiger partial charge in [0.15, 0.2) is 0 Å². The van der Waals surface area contributed by atoms with Crippen molar-refractivity contribution in [3.05, 3.63) is 0 Å². The van der Waals surface area contributed by atoms with Crippen LogP contribution in [0.4, 0.5) is 0 Å². The van der Waals surface area contributed by atoms with Crippen LogP contribution in [0.5, 0.6) is 0 Å². The van der Waals surface area contributed by atoms with Crippen molar-refractivity contribution < 1.29 is 14.0 Å². The minimum atomic E-state index is -3.59. The molecule has 0 aliphatic heterocycles. The van der Waals surface area contributed by atoms with Gasteiger partial charge in [0.05, 0.1) is 0 Å². The van der Waals surface area contributed by atoms with Gasteiger partial charge in [0.1, 0.15) is 4.62 Å². The maximum Gasteiger partial charge on any atom is 0.348 e. The van der Waals surface area contributed by atoms with Crippen molar-refractivity contribution in [2.45, 2.75) is 18.5 Å². The molecule has 0 spiro atoms. The van der Waals surface area contributed by atoms with Gasteiger partial charge in [-0.3, -0.25) is 4.57 Å². The van der Waals surface area contributed by atoms with Crippen molar-refractivity contribution in [1.82, 2.24) is 0 Å². The van der Waals surface area contributed by atoms with Crippen LogP contribution >= 0.6 is 19.2 Å². The van der Waals surface area contributed by atoms with E-state index in [-0.39, 0.29) is 0 Å². The molecule has 0 radical (unpaired) electrons. The maximum atomic E-state index is 10.8. The standard InChI is InChI=1S/C4H10ClO3P/c1-4(2,5)9(6,7)8-3/h1-3H3,(H,6,7). The van der Waals surface area contributed by atoms with Gasteiger partial charge >= 0.3 is 7.60 Å². The van der Waals surface area contributed by atoms with Gasteiger partial charge in [0.2, 0.25) is 0 Å². The minimum absolute atomic E-state index is 1.16. The predicted molar refractivity (Wildman–Crippen MR) is 36.8 cm³/mol. The molecule has 0 aliphatic carbocycles. The quantitative estimate of drug-likeness (QED) is 0.510. The first-order chi connectivity index (χ1) is 3.81. The van der Waals surface area contributed by atoms with Gasteiger partial charge in [-0.25, -0.2) is 0 Å². The predicted octanol–water partition coefficient (Wildman–Crippen LogP) is 1.79. The highest BCUT2D eigenvalue weighted by Gasteiger charge is 2.37. The molecule has 5 heteroatoms. The Kier molecular flexibility index (Phi) is 2.71. The fourth-order valence-electron chi connectivity index (χ4n) is 0.217. The normalized spacial score (nSPS) is 19.2. The molecule has 0 heterocycles. The summed E-state index contributed by atoms with van der Waals surface area (Å²) in [6, 6.07) is 0. The van der Waals surface area contributed by atoms with E-state index in [9.17, 15) is 4.57 Å². The van der Waals surface area contributed by atoms with Crippen molar-refractivity contribution in [1.29, 1.82) is 0 Å². The number of hydrogen-bond donors (Lipinski definition) is 1. The first-order valence-electron chi connectivity index (χ1n) is 2.39. The molecule has 1 N–H and O–H groups in total. The van der Waals surface area contributed by atoms with Crippen molar-refractivity contribution in [2.24, 2.45) is 0 Å². The second-order valence-corrected chi connectivity index (χ2v) is 5.85. The van der Waals surface area contributed by atoms with Crippen LogP contribution in [0.2, 0.25) is 0 Å². The summed E-state index contributed by atoms with van der Waals surface area (Å²) in [7, 11) is -2.43. The average molecular weight is 173 g/mol. The third-order valence-corrected chi connectivity index (χ3v) is 3.40. The van der Waals surface area contributed by atoms with E-state index >= 15 is 0 Å². The number of rotatable bonds is 2. The van der Waals surface area contributed by atoms with Gasteiger partial charge < -0.3 is 9.42 Å². The van der Waals surface area contributed by atoms with Crippen molar-refractivity contribution in [2.75, 3.05) is 7.11 Å². The largest absolute Gasteiger partial charge is 0.348 e. The van der Waals surface area contributed by atoms with Crippen LogP contribution in [-0.4, -0.2) is 16.6 Å². The van der Waals surface area contributed by atoms with Crippen LogP contribution in [0.1, 0.15) is 13.8 Å². The molecule has 0 bridgehead atoms. The van der Waals surface area contributed by atoms with E-state index in [1.54, 1.807) is 0 Å². The molecule has 0 aliphatic rings. The summed E-state index contributed by atoms with van der Waals surface area (Å²) in [5, 5.41) is 0. The second kappa shape index (κ2) is 2.59. The molecule has 1 atom stereocenters. The smallest absolute Gasteiger partial charge is 0.323 e. The van der Waals surface area contributed by atoms with Crippen molar-refractivity contribution >= 4 is 19.2 Å². The molecule has 0 saturated carbocycles. The topological polar surface area (TPSA) is 46.5 Å². The van der Waals surface area contributed by atoms with E-state index in [1.807, 2.05) is 0 Å². The van der Waals surface area contributed by atoms with Crippen molar-refractivity contribution in [3.8, 4) is 0 Å². The lowest BCUT2D eigenvalue weighted by molar-refractivity contribution is 0.303. The summed E-state index contributed by atoms with van der Waals surface area (Å²) in [6.45, 7) is 2.86. The zero-order valence-electron chi connectivity index (χ0n) is 5.59. The van der Waals surface area contributed by atoms with Crippen LogP contribution in [0.15, 0.2) is 0 Å². The van der Waals surface area contributed by atoms with Crippen molar-refractivity contribution in [3.63, 3.8) is 0 Å². The van der Waals surface area contributed by atoms with Crippen LogP contribution in [0, 0.1) is 0 Å². The van der Waals surface area contributed by atoms with Gasteiger partial charge in [-0.15, -0.1) is 11.6 Å². The van der Waals surface area contributed by atoms with Crippen LogP contribution in [0.25, 0.3) is 0 Å². The Balaban J connectivity index is 4.35. The molecule has 0 aromatic rings. The summed E-state index contributed by atoms with van der Waals surface area (Å²) in [5.74, 6) is 0. The minimum Gasteiger partial charge on any atom is -0.323 e. The third-order valence-electron chi connectivity index (χ3n) is 0.919. The Hall–Kier alpha value is 0.440.